The highest BCUT2D eigenvalue weighted by molar-refractivity contribution is 4.97. The minimum atomic E-state index is 0.391. The molecule has 0 amide bonds. The van der Waals surface area contributed by atoms with E-state index in [1.165, 1.54) is 51.6 Å². The number of rotatable bonds is 3. The molecule has 16 heavy (non-hydrogen) atoms. The SMILES string of the molecule is CC(C)C1CCN(C2(CN)CCCC2)CC1. The summed E-state index contributed by atoms with van der Waals surface area (Å²) in [6.45, 7) is 8.20. The molecule has 0 atom stereocenters. The second kappa shape index (κ2) is 5.05. The van der Waals surface area contributed by atoms with Crippen LogP contribution in [0.15, 0.2) is 0 Å². The van der Waals surface area contributed by atoms with Crippen LogP contribution in [0.1, 0.15) is 52.4 Å². The molecule has 2 heteroatoms. The van der Waals surface area contributed by atoms with Crippen molar-refractivity contribution < 1.29 is 0 Å². The number of nitrogens with zero attached hydrogens (tertiary/aromatic N) is 1. The molecule has 2 fully saturated rings. The van der Waals surface area contributed by atoms with Crippen molar-refractivity contribution in [2.24, 2.45) is 17.6 Å². The van der Waals surface area contributed by atoms with Crippen molar-refractivity contribution in [2.45, 2.75) is 57.9 Å². The predicted octanol–water partition coefficient (Wildman–Crippen LogP) is 2.63. The molecule has 1 heterocycles. The molecular formula is C14H28N2. The van der Waals surface area contributed by atoms with Gasteiger partial charge in [0.2, 0.25) is 0 Å². The standard InChI is InChI=1S/C14H28N2/c1-12(2)13-5-9-16(10-6-13)14(11-15)7-3-4-8-14/h12-13H,3-11,15H2,1-2H3. The second-order valence-corrected chi connectivity index (χ2v) is 6.20. The Balaban J connectivity index is 1.92. The van der Waals surface area contributed by atoms with Crippen LogP contribution in [0.4, 0.5) is 0 Å². The highest BCUT2D eigenvalue weighted by Gasteiger charge is 2.39. The normalized spacial score (nSPS) is 27.8. The molecule has 0 aromatic carbocycles. The minimum absolute atomic E-state index is 0.391. The predicted molar refractivity (Wildman–Crippen MR) is 69.4 cm³/mol. The highest BCUT2D eigenvalue weighted by Crippen LogP contribution is 2.37. The van der Waals surface area contributed by atoms with Gasteiger partial charge in [0.05, 0.1) is 0 Å². The Hall–Kier alpha value is -0.0800. The van der Waals surface area contributed by atoms with Crippen LogP contribution in [-0.4, -0.2) is 30.1 Å². The monoisotopic (exact) mass is 224 g/mol. The Morgan fingerprint density at radius 1 is 1.19 bits per heavy atom. The van der Waals surface area contributed by atoms with E-state index < -0.39 is 0 Å². The fourth-order valence-corrected chi connectivity index (χ4v) is 3.72. The third kappa shape index (κ3) is 2.28. The fourth-order valence-electron chi connectivity index (χ4n) is 3.72. The Kier molecular flexibility index (Phi) is 3.91. The minimum Gasteiger partial charge on any atom is -0.329 e. The first-order chi connectivity index (χ1) is 7.68. The maximum absolute atomic E-state index is 6.05. The molecule has 0 aromatic rings. The van der Waals surface area contributed by atoms with Gasteiger partial charge < -0.3 is 5.73 Å². The number of likely N-dealkylation sites (tertiary alicyclic amines) is 1. The summed E-state index contributed by atoms with van der Waals surface area (Å²) >= 11 is 0. The first-order valence-corrected chi connectivity index (χ1v) is 7.13. The van der Waals surface area contributed by atoms with Crippen molar-refractivity contribution in [1.82, 2.24) is 4.90 Å². The third-order valence-electron chi connectivity index (χ3n) is 5.07. The molecule has 0 unspecified atom stereocenters. The van der Waals surface area contributed by atoms with Gasteiger partial charge in [-0.1, -0.05) is 26.7 Å². The second-order valence-electron chi connectivity index (χ2n) is 6.20. The van der Waals surface area contributed by atoms with Crippen molar-refractivity contribution >= 4 is 0 Å². The summed E-state index contributed by atoms with van der Waals surface area (Å²) in [5, 5.41) is 0. The zero-order valence-corrected chi connectivity index (χ0v) is 11.0. The zero-order chi connectivity index (χ0) is 11.6. The lowest BCUT2D eigenvalue weighted by Crippen LogP contribution is -2.54. The summed E-state index contributed by atoms with van der Waals surface area (Å²) in [6.07, 6.45) is 8.24. The molecule has 1 aliphatic heterocycles. The van der Waals surface area contributed by atoms with E-state index in [1.807, 2.05) is 0 Å². The molecular weight excluding hydrogens is 196 g/mol. The molecule has 2 rings (SSSR count). The molecule has 1 saturated heterocycles. The van der Waals surface area contributed by atoms with E-state index in [0.717, 1.165) is 18.4 Å². The van der Waals surface area contributed by atoms with Crippen LogP contribution in [0.25, 0.3) is 0 Å². The van der Waals surface area contributed by atoms with E-state index in [4.69, 9.17) is 5.73 Å². The summed E-state index contributed by atoms with van der Waals surface area (Å²) in [4.78, 5) is 2.72. The zero-order valence-electron chi connectivity index (χ0n) is 11.0. The first-order valence-electron chi connectivity index (χ1n) is 7.13. The molecule has 1 saturated carbocycles. The van der Waals surface area contributed by atoms with Gasteiger partial charge in [-0.25, -0.2) is 0 Å². The van der Waals surface area contributed by atoms with Gasteiger partial charge in [-0.2, -0.15) is 0 Å². The molecule has 2 N–H and O–H groups in total. The highest BCUT2D eigenvalue weighted by atomic mass is 15.2. The molecule has 0 aromatic heterocycles. The van der Waals surface area contributed by atoms with Gasteiger partial charge in [0.25, 0.3) is 0 Å². The number of nitrogens with two attached hydrogens (primary N) is 1. The maximum Gasteiger partial charge on any atom is 0.0331 e. The van der Waals surface area contributed by atoms with Crippen molar-refractivity contribution in [2.75, 3.05) is 19.6 Å². The van der Waals surface area contributed by atoms with E-state index in [9.17, 15) is 0 Å². The quantitative estimate of drug-likeness (QED) is 0.798. The van der Waals surface area contributed by atoms with Crippen LogP contribution in [0, 0.1) is 11.8 Å². The van der Waals surface area contributed by atoms with E-state index in [0.29, 0.717) is 5.54 Å². The first kappa shape index (κ1) is 12.4. The van der Waals surface area contributed by atoms with Crippen LogP contribution < -0.4 is 5.73 Å². The van der Waals surface area contributed by atoms with Crippen LogP contribution in [0.5, 0.6) is 0 Å². The smallest absolute Gasteiger partial charge is 0.0331 e. The lowest BCUT2D eigenvalue weighted by molar-refractivity contribution is 0.0497. The molecule has 94 valence electrons. The number of piperidine rings is 1. The van der Waals surface area contributed by atoms with Crippen molar-refractivity contribution in [3.8, 4) is 0 Å². The van der Waals surface area contributed by atoms with Gasteiger partial charge >= 0.3 is 0 Å². The van der Waals surface area contributed by atoms with Gasteiger partial charge in [0.1, 0.15) is 0 Å². The van der Waals surface area contributed by atoms with Crippen molar-refractivity contribution in [3.05, 3.63) is 0 Å². The number of hydrogen-bond donors (Lipinski definition) is 1. The molecule has 2 aliphatic rings. The van der Waals surface area contributed by atoms with Crippen molar-refractivity contribution in [1.29, 1.82) is 0 Å². The summed E-state index contributed by atoms with van der Waals surface area (Å²) < 4.78 is 0. The summed E-state index contributed by atoms with van der Waals surface area (Å²) in [7, 11) is 0. The van der Waals surface area contributed by atoms with Gasteiger partial charge in [-0.15, -0.1) is 0 Å². The average molecular weight is 224 g/mol. The van der Waals surface area contributed by atoms with Gasteiger partial charge in [0, 0.05) is 12.1 Å². The van der Waals surface area contributed by atoms with Crippen LogP contribution >= 0.6 is 0 Å². The lowest BCUT2D eigenvalue weighted by atomic mass is 9.83. The van der Waals surface area contributed by atoms with Crippen molar-refractivity contribution in [3.63, 3.8) is 0 Å². The summed E-state index contributed by atoms with van der Waals surface area (Å²) in [5.41, 5.74) is 6.44. The summed E-state index contributed by atoms with van der Waals surface area (Å²) in [6, 6.07) is 0. The van der Waals surface area contributed by atoms with Gasteiger partial charge in [-0.05, 0) is 50.6 Å². The van der Waals surface area contributed by atoms with E-state index >= 15 is 0 Å². The molecule has 2 nitrogen and oxygen atoms in total. The Morgan fingerprint density at radius 2 is 1.75 bits per heavy atom. The Labute approximate surface area is 101 Å². The van der Waals surface area contributed by atoms with Gasteiger partial charge in [-0.3, -0.25) is 4.90 Å². The molecule has 0 bridgehead atoms. The lowest BCUT2D eigenvalue weighted by Gasteiger charge is -2.45. The topological polar surface area (TPSA) is 29.3 Å². The molecule has 0 spiro atoms. The van der Waals surface area contributed by atoms with Crippen LogP contribution in [0.3, 0.4) is 0 Å². The average Bonchev–Trinajstić information content (AvgIpc) is 2.79. The van der Waals surface area contributed by atoms with Gasteiger partial charge in [0.15, 0.2) is 0 Å². The molecule has 1 aliphatic carbocycles. The largest absolute Gasteiger partial charge is 0.329 e. The van der Waals surface area contributed by atoms with E-state index in [1.54, 1.807) is 0 Å². The third-order valence-corrected chi connectivity index (χ3v) is 5.07. The summed E-state index contributed by atoms with van der Waals surface area (Å²) in [5.74, 6) is 1.81. The van der Waals surface area contributed by atoms with E-state index in [-0.39, 0.29) is 0 Å². The molecule has 0 radical (unpaired) electrons. The van der Waals surface area contributed by atoms with Crippen LogP contribution in [0.2, 0.25) is 0 Å². The Morgan fingerprint density at radius 3 is 2.19 bits per heavy atom. The maximum atomic E-state index is 6.05. The number of hydrogen-bond acceptors (Lipinski definition) is 2. The van der Waals surface area contributed by atoms with E-state index in [2.05, 4.69) is 18.7 Å². The van der Waals surface area contributed by atoms with Crippen LogP contribution in [-0.2, 0) is 0 Å². The fraction of sp³-hybridized carbons (Fsp3) is 1.00. The Bertz CT molecular complexity index is 211.